The number of hydrogen-bond acceptors (Lipinski definition) is 5. The number of hydrogen-bond donors (Lipinski definition) is 3. The van der Waals surface area contributed by atoms with Crippen LogP contribution in [0.4, 0.5) is 11.4 Å². The molecule has 1 aliphatic heterocycles. The monoisotopic (exact) mass is 285 g/mol. The van der Waals surface area contributed by atoms with Crippen LogP contribution in [-0.4, -0.2) is 39.3 Å². The summed E-state index contributed by atoms with van der Waals surface area (Å²) in [6, 6.07) is 4.64. The molecule has 2 rings (SSSR count). The van der Waals surface area contributed by atoms with E-state index in [1.54, 1.807) is 19.1 Å². The maximum Gasteiger partial charge on any atom is 0.240 e. The van der Waals surface area contributed by atoms with Gasteiger partial charge in [-0.05, 0) is 24.6 Å². The second-order valence-corrected chi connectivity index (χ2v) is 6.38. The van der Waals surface area contributed by atoms with Gasteiger partial charge < -0.3 is 15.7 Å². The second-order valence-electron chi connectivity index (χ2n) is 4.61. The molecule has 1 fully saturated rings. The number of nitrogen functional groups attached to an aromatic ring is 1. The Bertz CT molecular complexity index is 559. The number of β-amino-alcohol motifs (C(OH)–C–C–N with tert-alkyl or cyclic N) is 1. The van der Waals surface area contributed by atoms with Crippen molar-refractivity contribution in [1.29, 1.82) is 0 Å². The summed E-state index contributed by atoms with van der Waals surface area (Å²) in [6.45, 7) is 3.22. The van der Waals surface area contributed by atoms with Crippen LogP contribution in [0.15, 0.2) is 23.1 Å². The highest BCUT2D eigenvalue weighted by atomic mass is 32.2. The molecule has 0 aromatic heterocycles. The summed E-state index contributed by atoms with van der Waals surface area (Å²) < 4.78 is 26.4. The molecule has 0 saturated carbocycles. The minimum atomic E-state index is -3.49. The molecular formula is C12H19N3O3S. The largest absolute Gasteiger partial charge is 0.397 e. The summed E-state index contributed by atoms with van der Waals surface area (Å²) in [4.78, 5) is 2.10. The molecule has 1 saturated heterocycles. The van der Waals surface area contributed by atoms with Gasteiger partial charge in [-0.1, -0.05) is 6.92 Å². The van der Waals surface area contributed by atoms with Crippen LogP contribution in [0.5, 0.6) is 0 Å². The topological polar surface area (TPSA) is 95.7 Å². The van der Waals surface area contributed by atoms with E-state index in [9.17, 15) is 13.5 Å². The van der Waals surface area contributed by atoms with Crippen molar-refractivity contribution < 1.29 is 13.5 Å². The van der Waals surface area contributed by atoms with Gasteiger partial charge in [-0.25, -0.2) is 13.1 Å². The minimum absolute atomic E-state index is 0.194. The van der Waals surface area contributed by atoms with Crippen LogP contribution in [0, 0.1) is 0 Å². The van der Waals surface area contributed by atoms with E-state index < -0.39 is 10.0 Å². The fraction of sp³-hybridized carbons (Fsp3) is 0.500. The third-order valence-corrected chi connectivity index (χ3v) is 4.69. The van der Waals surface area contributed by atoms with Gasteiger partial charge in [0.15, 0.2) is 0 Å². The Labute approximate surface area is 113 Å². The van der Waals surface area contributed by atoms with E-state index >= 15 is 0 Å². The van der Waals surface area contributed by atoms with Gasteiger partial charge in [0, 0.05) is 19.6 Å². The summed E-state index contributed by atoms with van der Waals surface area (Å²) in [6.07, 6.45) is 0.289. The fourth-order valence-electron chi connectivity index (χ4n) is 2.20. The van der Waals surface area contributed by atoms with Crippen molar-refractivity contribution in [3.8, 4) is 0 Å². The number of nitrogens with zero attached hydrogens (tertiary/aromatic N) is 1. The van der Waals surface area contributed by atoms with E-state index in [1.165, 1.54) is 6.07 Å². The van der Waals surface area contributed by atoms with Crippen LogP contribution in [0.25, 0.3) is 0 Å². The molecular weight excluding hydrogens is 266 g/mol. The highest BCUT2D eigenvalue weighted by Gasteiger charge is 2.23. The van der Waals surface area contributed by atoms with Crippen molar-refractivity contribution in [2.75, 3.05) is 30.3 Å². The number of sulfonamides is 1. The summed E-state index contributed by atoms with van der Waals surface area (Å²) in [5.74, 6) is 0. The molecule has 1 unspecified atom stereocenters. The lowest BCUT2D eigenvalue weighted by Crippen LogP contribution is -2.25. The van der Waals surface area contributed by atoms with Crippen molar-refractivity contribution in [1.82, 2.24) is 4.72 Å². The average molecular weight is 285 g/mol. The van der Waals surface area contributed by atoms with Crippen molar-refractivity contribution in [3.63, 3.8) is 0 Å². The molecule has 0 spiro atoms. The summed E-state index contributed by atoms with van der Waals surface area (Å²) in [7, 11) is -3.49. The van der Waals surface area contributed by atoms with Crippen LogP contribution in [0.3, 0.4) is 0 Å². The zero-order valence-electron chi connectivity index (χ0n) is 10.8. The molecule has 0 aliphatic carbocycles. The van der Waals surface area contributed by atoms with E-state index in [1.807, 2.05) is 4.90 Å². The number of benzene rings is 1. The molecule has 19 heavy (non-hydrogen) atoms. The fourth-order valence-corrected chi connectivity index (χ4v) is 3.26. The Balaban J connectivity index is 2.35. The minimum Gasteiger partial charge on any atom is -0.397 e. The molecule has 1 aromatic carbocycles. The van der Waals surface area contributed by atoms with Crippen molar-refractivity contribution >= 4 is 21.4 Å². The lowest BCUT2D eigenvalue weighted by atomic mass is 10.2. The third kappa shape index (κ3) is 2.99. The number of nitrogens with one attached hydrogen (secondary N) is 1. The molecule has 0 amide bonds. The summed E-state index contributed by atoms with van der Waals surface area (Å²) in [5, 5.41) is 9.55. The number of rotatable bonds is 4. The van der Waals surface area contributed by atoms with Crippen LogP contribution in [0.1, 0.15) is 13.3 Å². The maximum atomic E-state index is 12.0. The van der Waals surface area contributed by atoms with Gasteiger partial charge in [-0.3, -0.25) is 0 Å². The van der Waals surface area contributed by atoms with Crippen LogP contribution < -0.4 is 15.4 Å². The smallest absolute Gasteiger partial charge is 0.240 e. The number of aliphatic hydroxyl groups excluding tert-OH is 1. The lowest BCUT2D eigenvalue weighted by Gasteiger charge is -2.20. The Morgan fingerprint density at radius 2 is 2.26 bits per heavy atom. The van der Waals surface area contributed by atoms with Gasteiger partial charge in [-0.2, -0.15) is 0 Å². The maximum absolute atomic E-state index is 12.0. The Morgan fingerprint density at radius 1 is 1.53 bits per heavy atom. The molecule has 1 heterocycles. The number of anilines is 2. The summed E-state index contributed by atoms with van der Waals surface area (Å²) >= 11 is 0. The van der Waals surface area contributed by atoms with E-state index in [0.717, 1.165) is 0 Å². The quantitative estimate of drug-likeness (QED) is 0.684. The van der Waals surface area contributed by atoms with Crippen LogP contribution in [0.2, 0.25) is 0 Å². The first kappa shape index (κ1) is 14.1. The predicted molar refractivity (Wildman–Crippen MR) is 74.6 cm³/mol. The normalized spacial score (nSPS) is 19.9. The third-order valence-electron chi connectivity index (χ3n) is 3.15. The second kappa shape index (κ2) is 5.36. The SMILES string of the molecule is CCNS(=O)(=O)c1ccc(N)c(N2CCC(O)C2)c1. The van der Waals surface area contributed by atoms with E-state index in [0.29, 0.717) is 37.4 Å². The van der Waals surface area contributed by atoms with E-state index in [2.05, 4.69) is 4.72 Å². The average Bonchev–Trinajstić information content (AvgIpc) is 2.76. The molecule has 7 heteroatoms. The molecule has 106 valence electrons. The van der Waals surface area contributed by atoms with Gasteiger partial charge in [0.2, 0.25) is 10.0 Å². The first-order valence-electron chi connectivity index (χ1n) is 6.26. The van der Waals surface area contributed by atoms with E-state index in [-0.39, 0.29) is 11.0 Å². The lowest BCUT2D eigenvalue weighted by molar-refractivity contribution is 0.198. The molecule has 4 N–H and O–H groups in total. The number of nitrogens with two attached hydrogens (primary N) is 1. The van der Waals surface area contributed by atoms with E-state index in [4.69, 9.17) is 5.73 Å². The molecule has 1 aliphatic rings. The van der Waals surface area contributed by atoms with Gasteiger partial charge in [0.25, 0.3) is 0 Å². The number of aliphatic hydroxyl groups is 1. The zero-order valence-corrected chi connectivity index (χ0v) is 11.7. The Morgan fingerprint density at radius 3 is 2.84 bits per heavy atom. The van der Waals surface area contributed by atoms with Crippen LogP contribution >= 0.6 is 0 Å². The molecule has 1 atom stereocenters. The van der Waals surface area contributed by atoms with Crippen molar-refractivity contribution in [3.05, 3.63) is 18.2 Å². The standard InChI is InChI=1S/C12H19N3O3S/c1-2-14-19(17,18)10-3-4-11(13)12(7-10)15-6-5-9(16)8-15/h3-4,7,9,14,16H,2,5-6,8,13H2,1H3. The van der Waals surface area contributed by atoms with Gasteiger partial charge in [-0.15, -0.1) is 0 Å². The molecule has 1 aromatic rings. The van der Waals surface area contributed by atoms with Crippen molar-refractivity contribution in [2.45, 2.75) is 24.3 Å². The first-order chi connectivity index (χ1) is 8.94. The molecule has 6 nitrogen and oxygen atoms in total. The Kier molecular flexibility index (Phi) is 3.98. The van der Waals surface area contributed by atoms with Gasteiger partial charge in [0.1, 0.15) is 0 Å². The zero-order chi connectivity index (χ0) is 14.0. The molecule has 0 bridgehead atoms. The Hall–Kier alpha value is -1.31. The summed E-state index contributed by atoms with van der Waals surface area (Å²) in [5.41, 5.74) is 7.07. The first-order valence-corrected chi connectivity index (χ1v) is 7.74. The highest BCUT2D eigenvalue weighted by molar-refractivity contribution is 7.89. The highest BCUT2D eigenvalue weighted by Crippen LogP contribution is 2.29. The van der Waals surface area contributed by atoms with Crippen LogP contribution in [-0.2, 0) is 10.0 Å². The van der Waals surface area contributed by atoms with Gasteiger partial charge >= 0.3 is 0 Å². The molecule has 0 radical (unpaired) electrons. The predicted octanol–water partition coefficient (Wildman–Crippen LogP) is 0.138. The van der Waals surface area contributed by atoms with Crippen molar-refractivity contribution in [2.24, 2.45) is 0 Å². The van der Waals surface area contributed by atoms with Gasteiger partial charge in [0.05, 0.1) is 22.4 Å².